The Bertz CT molecular complexity index is 947. The molecule has 2 aromatic rings. The predicted molar refractivity (Wildman–Crippen MR) is 139 cm³/mol. The lowest BCUT2D eigenvalue weighted by Gasteiger charge is -2.18. The highest BCUT2D eigenvalue weighted by Crippen LogP contribution is 2.41. The highest BCUT2D eigenvalue weighted by molar-refractivity contribution is 14.0. The Morgan fingerprint density at radius 1 is 1.16 bits per heavy atom. The monoisotopic (exact) mass is 552 g/mol. The zero-order chi connectivity index (χ0) is 22.3. The molecule has 2 aromatic carbocycles. The summed E-state index contributed by atoms with van der Waals surface area (Å²) in [4.78, 5) is 16.0. The molecule has 0 saturated carbocycles. The first-order valence-electron chi connectivity index (χ1n) is 10.6. The normalized spacial score (nSPS) is 13.9. The van der Waals surface area contributed by atoms with Crippen LogP contribution in [0.2, 0.25) is 0 Å². The van der Waals surface area contributed by atoms with Crippen LogP contribution in [0.4, 0.5) is 0 Å². The number of halogens is 1. The molecule has 0 atom stereocenters. The molecule has 1 aliphatic heterocycles. The van der Waals surface area contributed by atoms with E-state index in [1.54, 1.807) is 14.1 Å². The smallest absolute Gasteiger partial charge is 0.251 e. The molecule has 7 nitrogen and oxygen atoms in total. The summed E-state index contributed by atoms with van der Waals surface area (Å²) in [6.07, 6.45) is 1.67. The first-order valence-corrected chi connectivity index (χ1v) is 10.6. The van der Waals surface area contributed by atoms with E-state index < -0.39 is 0 Å². The summed E-state index contributed by atoms with van der Waals surface area (Å²) in [6, 6.07) is 13.7. The van der Waals surface area contributed by atoms with Gasteiger partial charge in [0.1, 0.15) is 12.2 Å². The number of carbonyl (C=O) groups excluding carboxylic acids is 1. The van der Waals surface area contributed by atoms with Crippen molar-refractivity contribution in [3.8, 4) is 11.5 Å². The number of aliphatic imine (C=N–C) groups is 1. The van der Waals surface area contributed by atoms with E-state index >= 15 is 0 Å². The Morgan fingerprint density at radius 3 is 2.66 bits per heavy atom. The van der Waals surface area contributed by atoms with Crippen LogP contribution in [-0.4, -0.2) is 51.3 Å². The molecule has 0 aromatic heterocycles. The molecule has 174 valence electrons. The summed E-state index contributed by atoms with van der Waals surface area (Å²) in [5.74, 6) is 2.27. The molecule has 1 amide bonds. The van der Waals surface area contributed by atoms with Crippen LogP contribution >= 0.6 is 24.0 Å². The number of benzene rings is 2. The molecule has 0 spiro atoms. The van der Waals surface area contributed by atoms with Crippen LogP contribution in [0.15, 0.2) is 47.5 Å². The quantitative estimate of drug-likeness (QED) is 0.203. The second kappa shape index (κ2) is 11.9. The third-order valence-corrected chi connectivity index (χ3v) is 5.05. The maximum atomic E-state index is 11.8. The summed E-state index contributed by atoms with van der Waals surface area (Å²) in [5, 5.41) is 9.19. The molecular weight excluding hydrogens is 519 g/mol. The lowest BCUT2D eigenvalue weighted by atomic mass is 10.0. The third-order valence-electron chi connectivity index (χ3n) is 5.05. The number of ether oxygens (including phenoxy) is 2. The van der Waals surface area contributed by atoms with Gasteiger partial charge < -0.3 is 25.4 Å². The van der Waals surface area contributed by atoms with E-state index in [-0.39, 0.29) is 35.5 Å². The summed E-state index contributed by atoms with van der Waals surface area (Å²) < 4.78 is 12.0. The van der Waals surface area contributed by atoms with Gasteiger partial charge in [-0.2, -0.15) is 0 Å². The topological polar surface area (TPSA) is 84.0 Å². The molecule has 0 radical (unpaired) electrons. The molecule has 8 heteroatoms. The van der Waals surface area contributed by atoms with Crippen LogP contribution in [-0.2, 0) is 12.8 Å². The number of para-hydroxylation sites is 1. The summed E-state index contributed by atoms with van der Waals surface area (Å²) in [5.41, 5.74) is 2.76. The Hall–Kier alpha value is -2.49. The van der Waals surface area contributed by atoms with Gasteiger partial charge in [-0.25, -0.2) is 0 Å². The fourth-order valence-corrected chi connectivity index (χ4v) is 3.59. The minimum Gasteiger partial charge on any atom is -0.488 e. The predicted octanol–water partition coefficient (Wildman–Crippen LogP) is 3.16. The fourth-order valence-electron chi connectivity index (χ4n) is 3.59. The number of rotatable bonds is 8. The summed E-state index contributed by atoms with van der Waals surface area (Å²) >= 11 is 0. The van der Waals surface area contributed by atoms with Gasteiger partial charge >= 0.3 is 0 Å². The molecule has 3 N–H and O–H groups in total. The molecular formula is C24H33IN4O3. The standard InChI is InChI=1S/C24H32N4O3.HI/c1-24(2)16-19-9-6-10-20(21(19)31-24)30-14-13-28-23(26-4)27-12-11-17-7-5-8-18(15-17)22(29)25-3;/h5-10,15H,11-14,16H2,1-4H3,(H,25,29)(H2,26,27,28);1H. The number of nitrogens with one attached hydrogen (secondary N) is 3. The molecule has 0 aliphatic carbocycles. The fraction of sp³-hybridized carbons (Fsp3) is 0.417. The highest BCUT2D eigenvalue weighted by Gasteiger charge is 2.32. The van der Waals surface area contributed by atoms with Crippen molar-refractivity contribution < 1.29 is 14.3 Å². The van der Waals surface area contributed by atoms with Crippen LogP contribution in [0, 0.1) is 0 Å². The van der Waals surface area contributed by atoms with Crippen molar-refractivity contribution in [2.24, 2.45) is 4.99 Å². The van der Waals surface area contributed by atoms with E-state index in [1.165, 1.54) is 5.56 Å². The maximum Gasteiger partial charge on any atom is 0.251 e. The van der Waals surface area contributed by atoms with Gasteiger partial charge in [0.2, 0.25) is 0 Å². The Labute approximate surface area is 207 Å². The van der Waals surface area contributed by atoms with Crippen molar-refractivity contribution in [1.29, 1.82) is 0 Å². The number of nitrogens with zero attached hydrogens (tertiary/aromatic N) is 1. The van der Waals surface area contributed by atoms with Crippen molar-refractivity contribution in [3.05, 3.63) is 59.2 Å². The van der Waals surface area contributed by atoms with Crippen LogP contribution in [0.25, 0.3) is 0 Å². The zero-order valence-corrected chi connectivity index (χ0v) is 21.5. The number of hydrogen-bond donors (Lipinski definition) is 3. The van der Waals surface area contributed by atoms with Crippen LogP contribution in [0.3, 0.4) is 0 Å². The first-order chi connectivity index (χ1) is 14.9. The Morgan fingerprint density at radius 2 is 1.91 bits per heavy atom. The largest absolute Gasteiger partial charge is 0.488 e. The van der Waals surface area contributed by atoms with Crippen LogP contribution < -0.4 is 25.4 Å². The highest BCUT2D eigenvalue weighted by atomic mass is 127. The lowest BCUT2D eigenvalue weighted by Crippen LogP contribution is -2.40. The van der Waals surface area contributed by atoms with Gasteiger partial charge in [0, 0.05) is 38.2 Å². The lowest BCUT2D eigenvalue weighted by molar-refractivity contribution is 0.0963. The van der Waals surface area contributed by atoms with Gasteiger partial charge in [0.05, 0.1) is 6.54 Å². The molecule has 0 unspecified atom stereocenters. The van der Waals surface area contributed by atoms with Crippen molar-refractivity contribution in [3.63, 3.8) is 0 Å². The van der Waals surface area contributed by atoms with Gasteiger partial charge in [0.25, 0.3) is 5.91 Å². The number of carbonyl (C=O) groups is 1. The van der Waals surface area contributed by atoms with E-state index in [1.807, 2.05) is 36.4 Å². The van der Waals surface area contributed by atoms with Gasteiger partial charge in [0.15, 0.2) is 17.5 Å². The Kier molecular flexibility index (Phi) is 9.61. The van der Waals surface area contributed by atoms with Crippen molar-refractivity contribution >= 4 is 35.8 Å². The molecule has 1 heterocycles. The number of hydrogen-bond acceptors (Lipinski definition) is 4. The van der Waals surface area contributed by atoms with E-state index in [0.717, 1.165) is 29.9 Å². The van der Waals surface area contributed by atoms with E-state index in [2.05, 4.69) is 40.9 Å². The second-order valence-corrected chi connectivity index (χ2v) is 8.09. The van der Waals surface area contributed by atoms with E-state index in [9.17, 15) is 4.79 Å². The van der Waals surface area contributed by atoms with Gasteiger partial charge in [-0.3, -0.25) is 9.79 Å². The molecule has 3 rings (SSSR count). The van der Waals surface area contributed by atoms with Crippen molar-refractivity contribution in [2.75, 3.05) is 33.8 Å². The summed E-state index contributed by atoms with van der Waals surface area (Å²) in [6.45, 7) is 5.98. The van der Waals surface area contributed by atoms with E-state index in [0.29, 0.717) is 31.2 Å². The Balaban J connectivity index is 0.00000363. The minimum atomic E-state index is -0.189. The molecule has 0 fully saturated rings. The average molecular weight is 552 g/mol. The molecule has 0 bridgehead atoms. The molecule has 32 heavy (non-hydrogen) atoms. The van der Waals surface area contributed by atoms with Gasteiger partial charge in [-0.05, 0) is 44.0 Å². The van der Waals surface area contributed by atoms with Gasteiger partial charge in [-0.1, -0.05) is 24.3 Å². The molecule has 1 aliphatic rings. The first kappa shape index (κ1) is 25.8. The molecule has 0 saturated heterocycles. The SMILES string of the molecule is CN=C(NCCOc1cccc2c1OC(C)(C)C2)NCCc1cccc(C(=O)NC)c1.I. The van der Waals surface area contributed by atoms with E-state index in [4.69, 9.17) is 9.47 Å². The number of guanidine groups is 1. The third kappa shape index (κ3) is 7.01. The van der Waals surface area contributed by atoms with Crippen LogP contribution in [0.1, 0.15) is 35.3 Å². The summed E-state index contributed by atoms with van der Waals surface area (Å²) in [7, 11) is 3.37. The minimum absolute atomic E-state index is 0. The van der Waals surface area contributed by atoms with Crippen molar-refractivity contribution in [2.45, 2.75) is 32.3 Å². The average Bonchev–Trinajstić information content (AvgIpc) is 3.09. The maximum absolute atomic E-state index is 11.8. The van der Waals surface area contributed by atoms with Crippen molar-refractivity contribution in [1.82, 2.24) is 16.0 Å². The van der Waals surface area contributed by atoms with Gasteiger partial charge in [-0.15, -0.1) is 24.0 Å². The number of fused-ring (bicyclic) bond motifs is 1. The van der Waals surface area contributed by atoms with Crippen LogP contribution in [0.5, 0.6) is 11.5 Å². The number of amides is 1. The zero-order valence-electron chi connectivity index (χ0n) is 19.2. The second-order valence-electron chi connectivity index (χ2n) is 8.09.